The first-order valence-electron chi connectivity index (χ1n) is 4.22. The summed E-state index contributed by atoms with van der Waals surface area (Å²) in [5.74, 6) is -1.20. The Morgan fingerprint density at radius 1 is 1.60 bits per heavy atom. The van der Waals surface area contributed by atoms with Gasteiger partial charge in [-0.1, -0.05) is 12.1 Å². The smallest absolute Gasteiger partial charge is 0.259 e. The van der Waals surface area contributed by atoms with Crippen molar-refractivity contribution in [1.29, 1.82) is 5.26 Å². The highest BCUT2D eigenvalue weighted by atomic mass is 19.1. The summed E-state index contributed by atoms with van der Waals surface area (Å²) in [6, 6.07) is 6.07. The van der Waals surface area contributed by atoms with Gasteiger partial charge < -0.3 is 5.73 Å². The van der Waals surface area contributed by atoms with E-state index in [1.54, 1.807) is 25.1 Å². The summed E-state index contributed by atoms with van der Waals surface area (Å²) in [6.07, 6.45) is 1.25. The highest BCUT2D eigenvalue weighted by Gasteiger charge is 2.04. The van der Waals surface area contributed by atoms with Crippen molar-refractivity contribution in [2.24, 2.45) is 5.73 Å². The molecule has 0 aliphatic carbocycles. The number of nitrogens with zero attached hydrogens (tertiary/aromatic N) is 1. The molecule has 0 aromatic heterocycles. The Morgan fingerprint density at radius 3 is 2.73 bits per heavy atom. The number of nitrogens with two attached hydrogens (primary N) is 1. The molecule has 0 heterocycles. The van der Waals surface area contributed by atoms with Gasteiger partial charge >= 0.3 is 0 Å². The van der Waals surface area contributed by atoms with Crippen LogP contribution in [0.25, 0.3) is 6.08 Å². The van der Waals surface area contributed by atoms with Crippen LogP contribution in [0.3, 0.4) is 0 Å². The fourth-order valence-corrected chi connectivity index (χ4v) is 1.02. The highest BCUT2D eigenvalue weighted by Crippen LogP contribution is 2.12. The molecule has 1 rings (SSSR count). The number of benzene rings is 1. The summed E-state index contributed by atoms with van der Waals surface area (Å²) in [5.41, 5.74) is 5.69. The lowest BCUT2D eigenvalue weighted by Crippen LogP contribution is -2.12. The lowest BCUT2D eigenvalue weighted by Gasteiger charge is -1.98. The predicted molar refractivity (Wildman–Crippen MR) is 53.9 cm³/mol. The molecule has 0 fully saturated rings. The van der Waals surface area contributed by atoms with E-state index in [-0.39, 0.29) is 11.4 Å². The summed E-state index contributed by atoms with van der Waals surface area (Å²) in [7, 11) is 0. The van der Waals surface area contributed by atoms with E-state index < -0.39 is 5.91 Å². The van der Waals surface area contributed by atoms with Gasteiger partial charge in [0.2, 0.25) is 0 Å². The maximum Gasteiger partial charge on any atom is 0.259 e. The molecule has 0 radical (unpaired) electrons. The van der Waals surface area contributed by atoms with Gasteiger partial charge in [-0.05, 0) is 30.2 Å². The Bertz CT molecular complexity index is 472. The zero-order valence-electron chi connectivity index (χ0n) is 8.12. The van der Waals surface area contributed by atoms with Crippen molar-refractivity contribution in [2.75, 3.05) is 0 Å². The highest BCUT2D eigenvalue weighted by molar-refractivity contribution is 6.00. The van der Waals surface area contributed by atoms with Crippen LogP contribution in [0, 0.1) is 24.1 Å². The Labute approximate surface area is 86.6 Å². The van der Waals surface area contributed by atoms with Crippen LogP contribution in [0.2, 0.25) is 0 Å². The van der Waals surface area contributed by atoms with E-state index in [0.717, 1.165) is 0 Å². The molecule has 15 heavy (non-hydrogen) atoms. The van der Waals surface area contributed by atoms with E-state index >= 15 is 0 Å². The molecule has 1 aromatic carbocycles. The third-order valence-corrected chi connectivity index (χ3v) is 1.89. The quantitative estimate of drug-likeness (QED) is 0.586. The van der Waals surface area contributed by atoms with Gasteiger partial charge in [-0.3, -0.25) is 4.79 Å². The van der Waals surface area contributed by atoms with Gasteiger partial charge in [0.1, 0.15) is 17.5 Å². The number of rotatable bonds is 2. The second-order valence-corrected chi connectivity index (χ2v) is 3.04. The lowest BCUT2D eigenvalue weighted by molar-refractivity contribution is -0.114. The van der Waals surface area contributed by atoms with E-state index in [9.17, 15) is 9.18 Å². The molecule has 3 nitrogen and oxygen atoms in total. The molecule has 0 saturated heterocycles. The molecule has 0 unspecified atom stereocenters. The summed E-state index contributed by atoms with van der Waals surface area (Å²) in [4.78, 5) is 10.7. The predicted octanol–water partition coefficient (Wildman–Crippen LogP) is 1.53. The van der Waals surface area contributed by atoms with E-state index in [2.05, 4.69) is 0 Å². The van der Waals surface area contributed by atoms with E-state index in [4.69, 9.17) is 11.0 Å². The summed E-state index contributed by atoms with van der Waals surface area (Å²) in [6.45, 7) is 1.63. The van der Waals surface area contributed by atoms with E-state index in [1.807, 2.05) is 0 Å². The van der Waals surface area contributed by atoms with Crippen LogP contribution in [0.15, 0.2) is 23.8 Å². The van der Waals surface area contributed by atoms with Crippen LogP contribution in [0.1, 0.15) is 11.1 Å². The molecular formula is C11H9FN2O. The van der Waals surface area contributed by atoms with Crippen molar-refractivity contribution in [2.45, 2.75) is 6.92 Å². The number of carbonyl (C=O) groups is 1. The number of amides is 1. The van der Waals surface area contributed by atoms with E-state index in [0.29, 0.717) is 11.1 Å². The molecule has 0 saturated carbocycles. The zero-order chi connectivity index (χ0) is 11.4. The Hall–Kier alpha value is -2.15. The summed E-state index contributed by atoms with van der Waals surface area (Å²) < 4.78 is 13.1. The molecule has 76 valence electrons. The van der Waals surface area contributed by atoms with Gasteiger partial charge in [0.05, 0.1) is 0 Å². The Kier molecular flexibility index (Phi) is 3.19. The maximum atomic E-state index is 13.1. The van der Waals surface area contributed by atoms with Crippen LogP contribution >= 0.6 is 0 Å². The van der Waals surface area contributed by atoms with Gasteiger partial charge in [-0.2, -0.15) is 5.26 Å². The van der Waals surface area contributed by atoms with Crippen LogP contribution in [-0.4, -0.2) is 5.91 Å². The number of nitriles is 1. The number of halogens is 1. The molecule has 0 atom stereocenters. The first-order chi connectivity index (χ1) is 7.04. The van der Waals surface area contributed by atoms with Crippen LogP contribution in [0.4, 0.5) is 4.39 Å². The summed E-state index contributed by atoms with van der Waals surface area (Å²) in [5, 5.41) is 8.57. The minimum Gasteiger partial charge on any atom is -0.365 e. The second-order valence-electron chi connectivity index (χ2n) is 3.04. The first kappa shape index (κ1) is 10.9. The molecule has 0 bridgehead atoms. The van der Waals surface area contributed by atoms with Crippen molar-refractivity contribution in [1.82, 2.24) is 0 Å². The third-order valence-electron chi connectivity index (χ3n) is 1.89. The SMILES string of the molecule is Cc1ccc(C=C(C#N)C(N)=O)cc1F. The van der Waals surface area contributed by atoms with Crippen molar-refractivity contribution in [3.8, 4) is 6.07 Å². The zero-order valence-corrected chi connectivity index (χ0v) is 8.12. The molecule has 1 amide bonds. The van der Waals surface area contributed by atoms with Gasteiger partial charge in [-0.25, -0.2) is 4.39 Å². The average molecular weight is 204 g/mol. The normalized spacial score (nSPS) is 10.9. The third kappa shape index (κ3) is 2.64. The number of primary amides is 1. The fourth-order valence-electron chi connectivity index (χ4n) is 1.02. The van der Waals surface area contributed by atoms with Gasteiger partial charge in [0.25, 0.3) is 5.91 Å². The molecular weight excluding hydrogens is 195 g/mol. The van der Waals surface area contributed by atoms with Crippen molar-refractivity contribution in [3.05, 3.63) is 40.7 Å². The molecule has 0 aliphatic rings. The lowest BCUT2D eigenvalue weighted by atomic mass is 10.1. The second kappa shape index (κ2) is 4.38. The molecule has 1 aromatic rings. The number of carbonyl (C=O) groups excluding carboxylic acids is 1. The number of hydrogen-bond acceptors (Lipinski definition) is 2. The van der Waals surface area contributed by atoms with Gasteiger partial charge in [-0.15, -0.1) is 0 Å². The van der Waals surface area contributed by atoms with Gasteiger partial charge in [0.15, 0.2) is 0 Å². The molecule has 4 heteroatoms. The standard InChI is InChI=1S/C11H9FN2O/c1-7-2-3-8(5-10(7)12)4-9(6-13)11(14)15/h2-5H,1H3,(H2,14,15). The van der Waals surface area contributed by atoms with Gasteiger partial charge in [0, 0.05) is 0 Å². The molecule has 0 spiro atoms. The average Bonchev–Trinajstić information content (AvgIpc) is 2.19. The minimum absolute atomic E-state index is 0.196. The Morgan fingerprint density at radius 2 is 2.27 bits per heavy atom. The summed E-state index contributed by atoms with van der Waals surface area (Å²) >= 11 is 0. The first-order valence-corrected chi connectivity index (χ1v) is 4.22. The monoisotopic (exact) mass is 204 g/mol. The maximum absolute atomic E-state index is 13.1. The van der Waals surface area contributed by atoms with Crippen molar-refractivity contribution >= 4 is 12.0 Å². The van der Waals surface area contributed by atoms with E-state index in [1.165, 1.54) is 12.1 Å². The molecule has 2 N–H and O–H groups in total. The largest absolute Gasteiger partial charge is 0.365 e. The van der Waals surface area contributed by atoms with Crippen LogP contribution < -0.4 is 5.73 Å². The van der Waals surface area contributed by atoms with Crippen molar-refractivity contribution < 1.29 is 9.18 Å². The topological polar surface area (TPSA) is 66.9 Å². The Balaban J connectivity index is 3.14. The van der Waals surface area contributed by atoms with Crippen LogP contribution in [-0.2, 0) is 4.79 Å². The minimum atomic E-state index is -0.821. The number of hydrogen-bond donors (Lipinski definition) is 1. The number of aryl methyl sites for hydroxylation is 1. The van der Waals surface area contributed by atoms with Crippen molar-refractivity contribution in [3.63, 3.8) is 0 Å². The van der Waals surface area contributed by atoms with Crippen LogP contribution in [0.5, 0.6) is 0 Å². The fraction of sp³-hybridized carbons (Fsp3) is 0.0909. The molecule has 0 aliphatic heterocycles.